The van der Waals surface area contributed by atoms with E-state index in [1.54, 1.807) is 46.4 Å². The molecule has 0 saturated heterocycles. The van der Waals surface area contributed by atoms with Gasteiger partial charge >= 0.3 is 0 Å². The van der Waals surface area contributed by atoms with Gasteiger partial charge < -0.3 is 19.3 Å². The maximum atomic E-state index is 13.6. The summed E-state index contributed by atoms with van der Waals surface area (Å²) in [6, 6.07) is 15.0. The van der Waals surface area contributed by atoms with Crippen molar-refractivity contribution < 1.29 is 23.5 Å². The SMILES string of the molecule is COCCN(CC(=O)N1CCc2sccc2[C@H]1COc1cccc(F)c1)C(=O)c1ccccc1C. The van der Waals surface area contributed by atoms with E-state index in [-0.39, 0.29) is 36.8 Å². The van der Waals surface area contributed by atoms with E-state index in [1.807, 2.05) is 36.6 Å². The molecule has 0 fully saturated rings. The molecule has 35 heavy (non-hydrogen) atoms. The number of benzene rings is 2. The average molecular weight is 497 g/mol. The Morgan fingerprint density at radius 1 is 1.17 bits per heavy atom. The summed E-state index contributed by atoms with van der Waals surface area (Å²) in [6.45, 7) is 3.17. The molecule has 1 aromatic heterocycles. The Morgan fingerprint density at radius 3 is 2.77 bits per heavy atom. The Kier molecular flexibility index (Phi) is 8.15. The first-order valence-electron chi connectivity index (χ1n) is 11.6. The van der Waals surface area contributed by atoms with E-state index < -0.39 is 0 Å². The lowest BCUT2D eigenvalue weighted by Crippen LogP contribution is -2.48. The molecule has 2 heterocycles. The molecule has 0 aliphatic carbocycles. The van der Waals surface area contributed by atoms with E-state index in [1.165, 1.54) is 17.0 Å². The third-order valence-corrected chi connectivity index (χ3v) is 7.17. The molecule has 4 rings (SSSR count). The van der Waals surface area contributed by atoms with Gasteiger partial charge in [-0.15, -0.1) is 11.3 Å². The molecular formula is C27H29FN2O4S. The van der Waals surface area contributed by atoms with Gasteiger partial charge in [0.2, 0.25) is 5.91 Å². The van der Waals surface area contributed by atoms with Gasteiger partial charge in [0.15, 0.2) is 0 Å². The molecule has 0 bridgehead atoms. The smallest absolute Gasteiger partial charge is 0.254 e. The number of aryl methyl sites for hydroxylation is 1. The predicted octanol–water partition coefficient (Wildman–Crippen LogP) is 4.49. The van der Waals surface area contributed by atoms with Crippen molar-refractivity contribution in [3.05, 3.63) is 87.4 Å². The third-order valence-electron chi connectivity index (χ3n) is 6.17. The summed E-state index contributed by atoms with van der Waals surface area (Å²) in [5.41, 5.74) is 2.47. The summed E-state index contributed by atoms with van der Waals surface area (Å²) in [5.74, 6) is -0.322. The summed E-state index contributed by atoms with van der Waals surface area (Å²) >= 11 is 1.66. The minimum absolute atomic E-state index is 0.0630. The zero-order valence-corrected chi connectivity index (χ0v) is 20.7. The van der Waals surface area contributed by atoms with Crippen molar-refractivity contribution in [2.24, 2.45) is 0 Å². The number of hydrogen-bond donors (Lipinski definition) is 0. The van der Waals surface area contributed by atoms with Gasteiger partial charge in [0.1, 0.15) is 24.7 Å². The Balaban J connectivity index is 1.53. The number of ether oxygens (including phenoxy) is 2. The first kappa shape index (κ1) is 24.9. The first-order chi connectivity index (χ1) is 17.0. The molecule has 2 amide bonds. The molecule has 2 aromatic carbocycles. The highest BCUT2D eigenvalue weighted by Crippen LogP contribution is 2.34. The highest BCUT2D eigenvalue weighted by molar-refractivity contribution is 7.10. The van der Waals surface area contributed by atoms with Gasteiger partial charge in [-0.2, -0.15) is 0 Å². The second kappa shape index (κ2) is 11.5. The number of hydrogen-bond acceptors (Lipinski definition) is 5. The number of amides is 2. The van der Waals surface area contributed by atoms with Gasteiger partial charge in [-0.3, -0.25) is 9.59 Å². The van der Waals surface area contributed by atoms with Crippen molar-refractivity contribution in [1.82, 2.24) is 9.80 Å². The number of carbonyl (C=O) groups excluding carboxylic acids is 2. The van der Waals surface area contributed by atoms with E-state index in [0.29, 0.717) is 31.0 Å². The quantitative estimate of drug-likeness (QED) is 0.438. The van der Waals surface area contributed by atoms with Crippen LogP contribution in [0.4, 0.5) is 4.39 Å². The van der Waals surface area contributed by atoms with Crippen LogP contribution in [0.1, 0.15) is 32.4 Å². The lowest BCUT2D eigenvalue weighted by atomic mass is 10.00. The summed E-state index contributed by atoms with van der Waals surface area (Å²) in [7, 11) is 1.57. The van der Waals surface area contributed by atoms with Crippen molar-refractivity contribution in [2.75, 3.05) is 40.0 Å². The van der Waals surface area contributed by atoms with Gasteiger partial charge in [0, 0.05) is 36.7 Å². The van der Waals surface area contributed by atoms with E-state index in [9.17, 15) is 14.0 Å². The van der Waals surface area contributed by atoms with E-state index >= 15 is 0 Å². The van der Waals surface area contributed by atoms with Crippen LogP contribution in [0.3, 0.4) is 0 Å². The fourth-order valence-corrected chi connectivity index (χ4v) is 5.23. The summed E-state index contributed by atoms with van der Waals surface area (Å²) in [6.07, 6.45) is 0.749. The summed E-state index contributed by atoms with van der Waals surface area (Å²) < 4.78 is 24.7. The lowest BCUT2D eigenvalue weighted by Gasteiger charge is -2.37. The van der Waals surface area contributed by atoms with Crippen LogP contribution >= 0.6 is 11.3 Å². The largest absolute Gasteiger partial charge is 0.491 e. The van der Waals surface area contributed by atoms with E-state index in [4.69, 9.17) is 9.47 Å². The molecule has 0 saturated carbocycles. The number of halogens is 1. The molecule has 0 unspecified atom stereocenters. The van der Waals surface area contributed by atoms with Crippen LogP contribution in [0.15, 0.2) is 60.0 Å². The Morgan fingerprint density at radius 2 is 2.00 bits per heavy atom. The number of fused-ring (bicyclic) bond motifs is 1. The molecule has 1 aliphatic rings. The normalized spacial score (nSPS) is 14.9. The Hall–Kier alpha value is -3.23. The van der Waals surface area contributed by atoms with Crippen molar-refractivity contribution in [3.8, 4) is 5.75 Å². The predicted molar refractivity (Wildman–Crippen MR) is 133 cm³/mol. The van der Waals surface area contributed by atoms with Crippen molar-refractivity contribution in [1.29, 1.82) is 0 Å². The minimum Gasteiger partial charge on any atom is -0.491 e. The molecule has 6 nitrogen and oxygen atoms in total. The van der Waals surface area contributed by atoms with Crippen molar-refractivity contribution in [3.63, 3.8) is 0 Å². The van der Waals surface area contributed by atoms with E-state index in [2.05, 4.69) is 0 Å². The molecule has 1 aliphatic heterocycles. The third kappa shape index (κ3) is 5.89. The van der Waals surface area contributed by atoms with E-state index in [0.717, 1.165) is 17.5 Å². The number of carbonyl (C=O) groups is 2. The van der Waals surface area contributed by atoms with Crippen LogP contribution in [0, 0.1) is 12.7 Å². The molecule has 8 heteroatoms. The number of thiophene rings is 1. The molecular weight excluding hydrogens is 467 g/mol. The maximum absolute atomic E-state index is 13.6. The topological polar surface area (TPSA) is 59.1 Å². The summed E-state index contributed by atoms with van der Waals surface area (Å²) in [5, 5.41) is 2.01. The van der Waals surface area contributed by atoms with Gasteiger partial charge in [-0.05, 0) is 54.1 Å². The molecule has 3 aromatic rings. The van der Waals surface area contributed by atoms with Gasteiger partial charge in [-0.25, -0.2) is 4.39 Å². The standard InChI is InChI=1S/C27H29FN2O4S/c1-19-6-3-4-9-22(19)27(32)29(13-14-33-2)17-26(31)30-12-10-25-23(11-15-35-25)24(30)18-34-21-8-5-7-20(28)16-21/h3-9,11,15-16,24H,10,12-14,17-18H2,1-2H3/t24-/m1/s1. The summed E-state index contributed by atoms with van der Waals surface area (Å²) in [4.78, 5) is 31.4. The number of rotatable bonds is 9. The van der Waals surface area contributed by atoms with Crippen molar-refractivity contribution >= 4 is 23.2 Å². The number of methoxy groups -OCH3 is 1. The highest BCUT2D eigenvalue weighted by Gasteiger charge is 2.33. The van der Waals surface area contributed by atoms with Crippen LogP contribution in [0.25, 0.3) is 0 Å². The van der Waals surface area contributed by atoms with Crippen LogP contribution < -0.4 is 4.74 Å². The zero-order valence-electron chi connectivity index (χ0n) is 19.9. The molecule has 1 atom stereocenters. The average Bonchev–Trinajstić information content (AvgIpc) is 3.34. The highest BCUT2D eigenvalue weighted by atomic mass is 32.1. The zero-order chi connectivity index (χ0) is 24.8. The second-order valence-corrected chi connectivity index (χ2v) is 9.46. The number of nitrogens with zero attached hydrogens (tertiary/aromatic N) is 2. The second-order valence-electron chi connectivity index (χ2n) is 8.45. The van der Waals surface area contributed by atoms with Gasteiger partial charge in [0.05, 0.1) is 12.6 Å². The fourth-order valence-electron chi connectivity index (χ4n) is 4.30. The minimum atomic E-state index is -0.376. The van der Waals surface area contributed by atoms with Crippen molar-refractivity contribution in [2.45, 2.75) is 19.4 Å². The monoisotopic (exact) mass is 496 g/mol. The Bertz CT molecular complexity index is 1180. The van der Waals surface area contributed by atoms with Crippen LogP contribution in [0.5, 0.6) is 5.75 Å². The maximum Gasteiger partial charge on any atom is 0.254 e. The molecule has 0 N–H and O–H groups in total. The Labute approximate surface area is 208 Å². The fraction of sp³-hybridized carbons (Fsp3) is 0.333. The first-order valence-corrected chi connectivity index (χ1v) is 12.4. The van der Waals surface area contributed by atoms with Crippen LogP contribution in [0.2, 0.25) is 0 Å². The van der Waals surface area contributed by atoms with Crippen LogP contribution in [-0.2, 0) is 16.0 Å². The van der Waals surface area contributed by atoms with Gasteiger partial charge in [-0.1, -0.05) is 24.3 Å². The molecule has 0 spiro atoms. The molecule has 0 radical (unpaired) electrons. The van der Waals surface area contributed by atoms with Crippen LogP contribution in [-0.4, -0.2) is 61.6 Å². The van der Waals surface area contributed by atoms with Gasteiger partial charge in [0.25, 0.3) is 5.91 Å². The lowest BCUT2D eigenvalue weighted by molar-refractivity contribution is -0.135. The molecule has 184 valence electrons.